The average Bonchev–Trinajstić information content (AvgIpc) is 2.92. The zero-order valence-electron chi connectivity index (χ0n) is 12.9. The standard InChI is InChI=1S/C17H18N4O2/c1-10-6-11(17(22)23)8-21(7-10)16-14-12-4-2-3-5-13(12)20-15(14)18-9-19-16/h2-5,9-11H,6-8H2,1H3,(H,22,23)(H,18,19,20). The van der Waals surface area contributed by atoms with E-state index < -0.39 is 5.97 Å². The minimum atomic E-state index is -0.731. The molecule has 118 valence electrons. The molecule has 2 unspecified atom stereocenters. The molecule has 6 nitrogen and oxygen atoms in total. The molecule has 1 fully saturated rings. The lowest BCUT2D eigenvalue weighted by Gasteiger charge is -2.35. The Bertz CT molecular complexity index is 889. The van der Waals surface area contributed by atoms with Crippen LogP contribution in [-0.4, -0.2) is 39.1 Å². The van der Waals surface area contributed by atoms with Crippen LogP contribution >= 0.6 is 0 Å². The van der Waals surface area contributed by atoms with Gasteiger partial charge >= 0.3 is 5.97 Å². The van der Waals surface area contributed by atoms with Crippen LogP contribution < -0.4 is 4.90 Å². The molecule has 0 saturated carbocycles. The second-order valence-corrected chi connectivity index (χ2v) is 6.37. The number of H-pyrrole nitrogens is 1. The molecule has 0 bridgehead atoms. The van der Waals surface area contributed by atoms with Crippen molar-refractivity contribution in [2.24, 2.45) is 11.8 Å². The lowest BCUT2D eigenvalue weighted by molar-refractivity contribution is -0.142. The van der Waals surface area contributed by atoms with Gasteiger partial charge in [0.05, 0.1) is 11.3 Å². The van der Waals surface area contributed by atoms with Gasteiger partial charge in [0.25, 0.3) is 0 Å². The highest BCUT2D eigenvalue weighted by atomic mass is 16.4. The molecule has 0 spiro atoms. The van der Waals surface area contributed by atoms with Crippen LogP contribution in [0, 0.1) is 11.8 Å². The van der Waals surface area contributed by atoms with Gasteiger partial charge in [-0.25, -0.2) is 9.97 Å². The quantitative estimate of drug-likeness (QED) is 0.760. The Hall–Kier alpha value is -2.63. The maximum atomic E-state index is 11.4. The molecule has 2 N–H and O–H groups in total. The van der Waals surface area contributed by atoms with E-state index in [0.29, 0.717) is 18.9 Å². The van der Waals surface area contributed by atoms with Gasteiger partial charge in [-0.05, 0) is 18.4 Å². The lowest BCUT2D eigenvalue weighted by Crippen LogP contribution is -2.43. The highest BCUT2D eigenvalue weighted by molar-refractivity contribution is 6.11. The third-order valence-electron chi connectivity index (χ3n) is 4.59. The molecular weight excluding hydrogens is 292 g/mol. The van der Waals surface area contributed by atoms with Crippen LogP contribution in [0.1, 0.15) is 13.3 Å². The number of anilines is 1. The van der Waals surface area contributed by atoms with E-state index >= 15 is 0 Å². The largest absolute Gasteiger partial charge is 0.481 e. The van der Waals surface area contributed by atoms with Crippen molar-refractivity contribution in [3.8, 4) is 0 Å². The summed E-state index contributed by atoms with van der Waals surface area (Å²) in [6, 6.07) is 8.03. The Kier molecular flexibility index (Phi) is 3.18. The van der Waals surface area contributed by atoms with Gasteiger partial charge in [-0.1, -0.05) is 25.1 Å². The van der Waals surface area contributed by atoms with Crippen LogP contribution in [0.25, 0.3) is 21.9 Å². The molecule has 3 heterocycles. The number of carboxylic acid groups (broad SMARTS) is 1. The van der Waals surface area contributed by atoms with E-state index in [1.54, 1.807) is 6.33 Å². The number of hydrogen-bond acceptors (Lipinski definition) is 4. The van der Waals surface area contributed by atoms with Crippen LogP contribution in [-0.2, 0) is 4.79 Å². The molecule has 2 atom stereocenters. The summed E-state index contributed by atoms with van der Waals surface area (Å²) < 4.78 is 0. The zero-order valence-corrected chi connectivity index (χ0v) is 12.9. The number of benzene rings is 1. The smallest absolute Gasteiger partial charge is 0.308 e. The molecule has 23 heavy (non-hydrogen) atoms. The van der Waals surface area contributed by atoms with E-state index in [1.807, 2.05) is 24.3 Å². The van der Waals surface area contributed by atoms with Gasteiger partial charge < -0.3 is 15.0 Å². The number of nitrogens with one attached hydrogen (secondary N) is 1. The van der Waals surface area contributed by atoms with Gasteiger partial charge in [0.2, 0.25) is 0 Å². The summed E-state index contributed by atoms with van der Waals surface area (Å²) in [5, 5.41) is 11.4. The number of aliphatic carboxylic acids is 1. The van der Waals surface area contributed by atoms with E-state index in [-0.39, 0.29) is 5.92 Å². The molecule has 1 aromatic carbocycles. The summed E-state index contributed by atoms with van der Waals surface area (Å²) >= 11 is 0. The fourth-order valence-corrected chi connectivity index (χ4v) is 3.60. The molecule has 1 saturated heterocycles. The van der Waals surface area contributed by atoms with Crippen LogP contribution in [0.2, 0.25) is 0 Å². The van der Waals surface area contributed by atoms with E-state index in [1.165, 1.54) is 0 Å². The van der Waals surface area contributed by atoms with Gasteiger partial charge in [0.1, 0.15) is 17.8 Å². The first kappa shape index (κ1) is 14.0. The topological polar surface area (TPSA) is 82.1 Å². The van der Waals surface area contributed by atoms with E-state index in [2.05, 4.69) is 26.8 Å². The first-order valence-corrected chi connectivity index (χ1v) is 7.82. The van der Waals surface area contributed by atoms with Crippen molar-refractivity contribution in [3.05, 3.63) is 30.6 Å². The van der Waals surface area contributed by atoms with Gasteiger partial charge in [-0.2, -0.15) is 0 Å². The summed E-state index contributed by atoms with van der Waals surface area (Å²) in [6.07, 6.45) is 2.26. The number of piperidine rings is 1. The molecule has 2 aromatic heterocycles. The van der Waals surface area contributed by atoms with Crippen LogP contribution in [0.4, 0.5) is 5.82 Å². The molecule has 1 aliphatic rings. The van der Waals surface area contributed by atoms with Crippen molar-refractivity contribution in [3.63, 3.8) is 0 Å². The predicted molar refractivity (Wildman–Crippen MR) is 88.5 cm³/mol. The van der Waals surface area contributed by atoms with Gasteiger partial charge in [-0.3, -0.25) is 4.79 Å². The van der Waals surface area contributed by atoms with Crippen molar-refractivity contribution >= 4 is 33.7 Å². The Morgan fingerprint density at radius 2 is 2.13 bits per heavy atom. The van der Waals surface area contributed by atoms with Gasteiger partial charge in [-0.15, -0.1) is 0 Å². The molecule has 0 radical (unpaired) electrons. The number of fused-ring (bicyclic) bond motifs is 3. The second kappa shape index (κ2) is 5.22. The highest BCUT2D eigenvalue weighted by Crippen LogP contribution is 2.34. The van der Waals surface area contributed by atoms with E-state index in [9.17, 15) is 9.90 Å². The Balaban J connectivity index is 1.86. The monoisotopic (exact) mass is 310 g/mol. The maximum absolute atomic E-state index is 11.4. The van der Waals surface area contributed by atoms with Crippen molar-refractivity contribution in [2.75, 3.05) is 18.0 Å². The summed E-state index contributed by atoms with van der Waals surface area (Å²) in [5.41, 5.74) is 1.81. The first-order chi connectivity index (χ1) is 11.1. The van der Waals surface area contributed by atoms with Gasteiger partial charge in [0, 0.05) is 24.0 Å². The Morgan fingerprint density at radius 1 is 1.30 bits per heavy atom. The lowest BCUT2D eigenvalue weighted by atomic mass is 9.90. The summed E-state index contributed by atoms with van der Waals surface area (Å²) in [7, 11) is 0. The third-order valence-corrected chi connectivity index (χ3v) is 4.59. The number of carboxylic acids is 1. The second-order valence-electron chi connectivity index (χ2n) is 6.37. The van der Waals surface area contributed by atoms with Gasteiger partial charge in [0.15, 0.2) is 0 Å². The number of aromatic nitrogens is 3. The molecule has 0 amide bonds. The van der Waals surface area contributed by atoms with E-state index in [0.717, 1.165) is 34.3 Å². The maximum Gasteiger partial charge on any atom is 0.308 e. The normalized spacial score (nSPS) is 21.9. The first-order valence-electron chi connectivity index (χ1n) is 7.82. The van der Waals surface area contributed by atoms with Crippen molar-refractivity contribution < 1.29 is 9.90 Å². The number of nitrogens with zero attached hydrogens (tertiary/aromatic N) is 3. The minimum absolute atomic E-state index is 0.320. The summed E-state index contributed by atoms with van der Waals surface area (Å²) in [4.78, 5) is 25.7. The Labute approximate surface area is 133 Å². The van der Waals surface area contributed by atoms with E-state index in [4.69, 9.17) is 0 Å². The molecule has 3 aromatic rings. The number of rotatable bonds is 2. The zero-order chi connectivity index (χ0) is 16.0. The van der Waals surface area contributed by atoms with Crippen molar-refractivity contribution in [1.29, 1.82) is 0 Å². The highest BCUT2D eigenvalue weighted by Gasteiger charge is 2.31. The van der Waals surface area contributed by atoms with Crippen molar-refractivity contribution in [1.82, 2.24) is 15.0 Å². The third kappa shape index (κ3) is 2.30. The number of para-hydroxylation sites is 1. The molecular formula is C17H18N4O2. The predicted octanol–water partition coefficient (Wildman–Crippen LogP) is 2.66. The minimum Gasteiger partial charge on any atom is -0.481 e. The fourth-order valence-electron chi connectivity index (χ4n) is 3.60. The number of carbonyl (C=O) groups is 1. The summed E-state index contributed by atoms with van der Waals surface area (Å²) in [6.45, 7) is 3.40. The fraction of sp³-hybridized carbons (Fsp3) is 0.353. The average molecular weight is 310 g/mol. The molecule has 6 heteroatoms. The molecule has 4 rings (SSSR count). The van der Waals surface area contributed by atoms with Crippen molar-refractivity contribution in [2.45, 2.75) is 13.3 Å². The van der Waals surface area contributed by atoms with Crippen LogP contribution in [0.3, 0.4) is 0 Å². The Morgan fingerprint density at radius 3 is 2.96 bits per heavy atom. The molecule has 1 aliphatic heterocycles. The van der Waals surface area contributed by atoms with Crippen LogP contribution in [0.5, 0.6) is 0 Å². The SMILES string of the molecule is CC1CC(C(=O)O)CN(c2ncnc3[nH]c4ccccc4c23)C1. The molecule has 0 aliphatic carbocycles. The van der Waals surface area contributed by atoms with Crippen LogP contribution in [0.15, 0.2) is 30.6 Å². The number of hydrogen-bond donors (Lipinski definition) is 2. The summed E-state index contributed by atoms with van der Waals surface area (Å²) in [5.74, 6) is 0.0602. The number of aromatic amines is 1.